The fourth-order valence-electron chi connectivity index (χ4n) is 3.22. The van der Waals surface area contributed by atoms with Crippen LogP contribution in [0.1, 0.15) is 6.42 Å². The van der Waals surface area contributed by atoms with E-state index in [2.05, 4.69) is 10.3 Å². The smallest absolute Gasteiger partial charge is 0.324 e. The van der Waals surface area contributed by atoms with Crippen LogP contribution >= 0.6 is 11.3 Å². The number of halogens is 3. The van der Waals surface area contributed by atoms with Crippen molar-refractivity contribution in [2.75, 3.05) is 10.2 Å². The fourth-order valence-corrected chi connectivity index (χ4v) is 3.95. The van der Waals surface area contributed by atoms with Gasteiger partial charge in [-0.05, 0) is 23.6 Å². The number of benzene rings is 1. The van der Waals surface area contributed by atoms with E-state index in [9.17, 15) is 27.6 Å². The highest BCUT2D eigenvalue weighted by Gasteiger charge is 2.49. The van der Waals surface area contributed by atoms with Crippen molar-refractivity contribution in [3.63, 3.8) is 0 Å². The Bertz CT molecular complexity index is 1170. The summed E-state index contributed by atoms with van der Waals surface area (Å²) >= 11 is 1.24. The normalized spacial score (nSPS) is 17.0. The average molecular weight is 422 g/mol. The number of nitrogens with zero attached hydrogens (tertiary/aromatic N) is 3. The monoisotopic (exact) mass is 422 g/mol. The number of carbonyl (C=O) groups is 2. The number of carbonyl (C=O) groups excluding carboxylic acids is 2. The second-order valence-electron chi connectivity index (χ2n) is 6.41. The number of para-hydroxylation sites is 2. The van der Waals surface area contributed by atoms with E-state index in [0.717, 1.165) is 10.9 Å². The highest BCUT2D eigenvalue weighted by Crippen LogP contribution is 2.37. The van der Waals surface area contributed by atoms with Crippen LogP contribution in [-0.4, -0.2) is 33.6 Å². The summed E-state index contributed by atoms with van der Waals surface area (Å²) in [5, 5.41) is 4.34. The van der Waals surface area contributed by atoms with Crippen LogP contribution in [0.4, 0.5) is 24.5 Å². The van der Waals surface area contributed by atoms with E-state index >= 15 is 0 Å². The van der Waals surface area contributed by atoms with Crippen LogP contribution in [0.2, 0.25) is 0 Å². The molecule has 1 unspecified atom stereocenters. The Morgan fingerprint density at radius 3 is 2.76 bits per heavy atom. The van der Waals surface area contributed by atoms with Gasteiger partial charge in [-0.1, -0.05) is 12.1 Å². The summed E-state index contributed by atoms with van der Waals surface area (Å²) in [5.74, 6) is -1.83. The van der Waals surface area contributed by atoms with Gasteiger partial charge in [0.1, 0.15) is 17.4 Å². The van der Waals surface area contributed by atoms with Crippen LogP contribution in [0.3, 0.4) is 0 Å². The number of aromatic nitrogens is 2. The molecule has 0 spiro atoms. The van der Waals surface area contributed by atoms with Gasteiger partial charge >= 0.3 is 6.18 Å². The number of fused-ring (bicyclic) bond motifs is 2. The van der Waals surface area contributed by atoms with Gasteiger partial charge < -0.3 is 5.32 Å². The first-order chi connectivity index (χ1) is 13.8. The fraction of sp³-hybridized carbons (Fsp3) is 0.222. The van der Waals surface area contributed by atoms with Crippen molar-refractivity contribution in [3.05, 3.63) is 52.4 Å². The Morgan fingerprint density at radius 1 is 1.24 bits per heavy atom. The molecule has 0 fully saturated rings. The first-order valence-corrected chi connectivity index (χ1v) is 9.34. The predicted molar refractivity (Wildman–Crippen MR) is 101 cm³/mol. The van der Waals surface area contributed by atoms with Crippen molar-refractivity contribution in [1.29, 1.82) is 0 Å². The molecule has 1 aliphatic rings. The number of hydrogen-bond acceptors (Lipinski definition) is 5. The Morgan fingerprint density at radius 2 is 2.00 bits per heavy atom. The maximum absolute atomic E-state index is 13.7. The lowest BCUT2D eigenvalue weighted by atomic mass is 10.1. The van der Waals surface area contributed by atoms with Gasteiger partial charge in [-0.3, -0.25) is 23.9 Å². The molecular weight excluding hydrogens is 409 g/mol. The van der Waals surface area contributed by atoms with Crippen LogP contribution in [0.15, 0.2) is 46.8 Å². The summed E-state index contributed by atoms with van der Waals surface area (Å²) in [7, 11) is 0. The summed E-state index contributed by atoms with van der Waals surface area (Å²) in [5.41, 5.74) is -0.509. The Kier molecular flexibility index (Phi) is 4.61. The molecule has 0 saturated carbocycles. The van der Waals surface area contributed by atoms with Crippen LogP contribution in [0.25, 0.3) is 10.2 Å². The average Bonchev–Trinajstić information content (AvgIpc) is 3.07. The molecule has 4 rings (SSSR count). The molecule has 3 heterocycles. The SMILES string of the molecule is O=C1CC(C(F)(F)F)N(C(=O)Cn2cnc3sccc3c2=O)c2ccccc2N1. The molecule has 150 valence electrons. The van der Waals surface area contributed by atoms with Gasteiger partial charge in [0.2, 0.25) is 11.8 Å². The molecule has 11 heteroatoms. The van der Waals surface area contributed by atoms with Crippen molar-refractivity contribution >= 4 is 44.7 Å². The number of thiophene rings is 1. The zero-order valence-corrected chi connectivity index (χ0v) is 15.5. The van der Waals surface area contributed by atoms with Gasteiger partial charge in [0.05, 0.1) is 29.5 Å². The standard InChI is InChI=1S/C18H13F3N4O3S/c19-18(20,21)13-7-14(26)23-11-3-1-2-4-12(11)25(13)15(27)8-24-9-22-16-10(17(24)28)5-6-29-16/h1-6,9,13H,7-8H2,(H,23,26). The third-order valence-electron chi connectivity index (χ3n) is 4.53. The molecule has 3 aromatic rings. The van der Waals surface area contributed by atoms with Crippen molar-refractivity contribution in [3.8, 4) is 0 Å². The van der Waals surface area contributed by atoms with Crippen molar-refractivity contribution in [2.24, 2.45) is 0 Å². The molecule has 7 nitrogen and oxygen atoms in total. The Hall–Kier alpha value is -3.21. The molecule has 2 amide bonds. The summed E-state index contributed by atoms with van der Waals surface area (Å²) < 4.78 is 42.2. The summed E-state index contributed by atoms with van der Waals surface area (Å²) in [6.07, 6.45) is -4.65. The van der Waals surface area contributed by atoms with Crippen LogP contribution < -0.4 is 15.8 Å². The molecule has 0 radical (unpaired) electrons. The molecular formula is C18H13F3N4O3S. The second kappa shape index (κ2) is 6.99. The number of amides is 2. The molecule has 1 atom stereocenters. The Balaban J connectivity index is 1.78. The molecule has 2 aromatic heterocycles. The molecule has 1 N–H and O–H groups in total. The minimum absolute atomic E-state index is 0.0803. The van der Waals surface area contributed by atoms with Crippen LogP contribution in [0.5, 0.6) is 0 Å². The topological polar surface area (TPSA) is 84.3 Å². The maximum atomic E-state index is 13.7. The minimum atomic E-state index is -4.84. The largest absolute Gasteiger partial charge is 0.409 e. The van der Waals surface area contributed by atoms with E-state index in [0.29, 0.717) is 9.73 Å². The van der Waals surface area contributed by atoms with Gasteiger partial charge in [-0.2, -0.15) is 13.2 Å². The quantitative estimate of drug-likeness (QED) is 0.688. The van der Waals surface area contributed by atoms with Crippen LogP contribution in [-0.2, 0) is 16.1 Å². The number of anilines is 2. The summed E-state index contributed by atoms with van der Waals surface area (Å²) in [6.45, 7) is -0.646. The van der Waals surface area contributed by atoms with Gasteiger partial charge in [-0.25, -0.2) is 4.98 Å². The summed E-state index contributed by atoms with van der Waals surface area (Å²) in [6, 6.07) is 4.92. The molecule has 29 heavy (non-hydrogen) atoms. The van der Waals surface area contributed by atoms with Gasteiger partial charge in [0.15, 0.2) is 0 Å². The van der Waals surface area contributed by atoms with E-state index in [1.165, 1.54) is 35.6 Å². The van der Waals surface area contributed by atoms with E-state index in [1.54, 1.807) is 11.4 Å². The lowest BCUT2D eigenvalue weighted by molar-refractivity contribution is -0.158. The second-order valence-corrected chi connectivity index (χ2v) is 7.30. The highest BCUT2D eigenvalue weighted by atomic mass is 32.1. The van der Waals surface area contributed by atoms with E-state index in [4.69, 9.17) is 0 Å². The lowest BCUT2D eigenvalue weighted by Gasteiger charge is -2.31. The number of rotatable bonds is 2. The predicted octanol–water partition coefficient (Wildman–Crippen LogP) is 2.76. The number of hydrogen-bond donors (Lipinski definition) is 1. The molecule has 1 aromatic carbocycles. The van der Waals surface area contributed by atoms with Crippen LogP contribution in [0, 0.1) is 0 Å². The molecule has 1 aliphatic heterocycles. The Labute approximate surface area is 165 Å². The third-order valence-corrected chi connectivity index (χ3v) is 5.35. The first kappa shape index (κ1) is 19.1. The summed E-state index contributed by atoms with van der Waals surface area (Å²) in [4.78, 5) is 42.6. The molecule has 0 aliphatic carbocycles. The van der Waals surface area contributed by atoms with E-state index in [-0.39, 0.29) is 16.8 Å². The maximum Gasteiger partial charge on any atom is 0.409 e. The van der Waals surface area contributed by atoms with Gasteiger partial charge in [-0.15, -0.1) is 11.3 Å². The van der Waals surface area contributed by atoms with E-state index < -0.39 is 42.6 Å². The van der Waals surface area contributed by atoms with Crippen molar-refractivity contribution < 1.29 is 22.8 Å². The first-order valence-electron chi connectivity index (χ1n) is 8.46. The van der Waals surface area contributed by atoms with Crippen molar-refractivity contribution in [2.45, 2.75) is 25.2 Å². The highest BCUT2D eigenvalue weighted by molar-refractivity contribution is 7.16. The van der Waals surface area contributed by atoms with Crippen molar-refractivity contribution in [1.82, 2.24) is 9.55 Å². The lowest BCUT2D eigenvalue weighted by Crippen LogP contribution is -2.51. The number of alkyl halides is 3. The third kappa shape index (κ3) is 3.48. The zero-order valence-electron chi connectivity index (χ0n) is 14.6. The molecule has 0 bridgehead atoms. The zero-order chi connectivity index (χ0) is 20.8. The van der Waals surface area contributed by atoms with Gasteiger partial charge in [0, 0.05) is 0 Å². The molecule has 0 saturated heterocycles. The minimum Gasteiger partial charge on any atom is -0.324 e. The van der Waals surface area contributed by atoms with E-state index in [1.807, 2.05) is 0 Å². The number of nitrogens with one attached hydrogen (secondary N) is 1. The van der Waals surface area contributed by atoms with Gasteiger partial charge in [0.25, 0.3) is 5.56 Å².